The Balaban J connectivity index is 1.51. The number of amides is 1. The minimum Gasteiger partial charge on any atom is -0.377 e. The molecule has 6 heteroatoms. The summed E-state index contributed by atoms with van der Waals surface area (Å²) in [6.45, 7) is 7.95. The van der Waals surface area contributed by atoms with Crippen LogP contribution in [-0.2, 0) is 4.74 Å². The molecule has 0 bridgehead atoms. The molecule has 1 N–H and O–H groups in total. The number of unbranched alkanes of at least 4 members (excludes halogenated alkanes) is 1. The Labute approximate surface area is 167 Å². The normalized spacial score (nSPS) is 20.3. The van der Waals surface area contributed by atoms with Crippen LogP contribution in [0.3, 0.4) is 0 Å². The SMILES string of the molecule is C[C@H]1CN(CCCCNC(=O)c2cc(N(C)C)c3ccccc3n2)C[C@H](C)O1. The monoisotopic (exact) mass is 384 g/mol. The molecule has 1 fully saturated rings. The van der Waals surface area contributed by atoms with Crippen LogP contribution in [0.15, 0.2) is 30.3 Å². The molecule has 1 aromatic carbocycles. The summed E-state index contributed by atoms with van der Waals surface area (Å²) < 4.78 is 5.77. The van der Waals surface area contributed by atoms with Crippen molar-refractivity contribution in [3.05, 3.63) is 36.0 Å². The van der Waals surface area contributed by atoms with Gasteiger partial charge in [-0.1, -0.05) is 18.2 Å². The summed E-state index contributed by atoms with van der Waals surface area (Å²) in [6.07, 6.45) is 2.62. The molecule has 152 valence electrons. The van der Waals surface area contributed by atoms with Gasteiger partial charge < -0.3 is 15.0 Å². The van der Waals surface area contributed by atoms with Gasteiger partial charge in [-0.25, -0.2) is 4.98 Å². The van der Waals surface area contributed by atoms with Crippen molar-refractivity contribution < 1.29 is 9.53 Å². The van der Waals surface area contributed by atoms with E-state index in [4.69, 9.17) is 4.74 Å². The van der Waals surface area contributed by atoms with E-state index in [0.717, 1.165) is 49.1 Å². The maximum atomic E-state index is 12.6. The Kier molecular flexibility index (Phi) is 6.86. The van der Waals surface area contributed by atoms with Gasteiger partial charge in [-0.15, -0.1) is 0 Å². The first-order valence-electron chi connectivity index (χ1n) is 10.2. The van der Waals surface area contributed by atoms with Gasteiger partial charge >= 0.3 is 0 Å². The van der Waals surface area contributed by atoms with Gasteiger partial charge in [0, 0.05) is 44.8 Å². The van der Waals surface area contributed by atoms with E-state index in [0.29, 0.717) is 24.4 Å². The molecule has 28 heavy (non-hydrogen) atoms. The standard InChI is InChI=1S/C22H32N4O2/c1-16-14-26(15-17(2)28-16)12-8-7-11-23-22(27)20-13-21(25(3)4)18-9-5-6-10-19(18)24-20/h5-6,9-10,13,16-17H,7-8,11-12,14-15H2,1-4H3,(H,23,27)/t16-,17-/m0/s1. The molecular formula is C22H32N4O2. The van der Waals surface area contributed by atoms with Crippen LogP contribution in [0.1, 0.15) is 37.2 Å². The molecule has 1 aliphatic heterocycles. The molecular weight excluding hydrogens is 352 g/mol. The zero-order chi connectivity index (χ0) is 20.1. The molecule has 1 amide bonds. The lowest BCUT2D eigenvalue weighted by atomic mass is 10.1. The molecule has 1 aliphatic rings. The number of morpholine rings is 1. The minimum atomic E-state index is -0.109. The van der Waals surface area contributed by atoms with Gasteiger partial charge in [0.2, 0.25) is 0 Å². The van der Waals surface area contributed by atoms with Gasteiger partial charge in [-0.05, 0) is 45.4 Å². The Hall–Kier alpha value is -2.18. The van der Waals surface area contributed by atoms with Gasteiger partial charge in [-0.2, -0.15) is 0 Å². The number of ether oxygens (including phenoxy) is 1. The van der Waals surface area contributed by atoms with E-state index in [2.05, 4.69) is 29.0 Å². The summed E-state index contributed by atoms with van der Waals surface area (Å²) in [5, 5.41) is 4.08. The number of nitrogens with one attached hydrogen (secondary N) is 1. The third-order valence-corrected chi connectivity index (χ3v) is 5.09. The number of hydrogen-bond donors (Lipinski definition) is 1. The smallest absolute Gasteiger partial charge is 0.269 e. The minimum absolute atomic E-state index is 0.109. The van der Waals surface area contributed by atoms with E-state index in [1.54, 1.807) is 0 Å². The fourth-order valence-electron chi connectivity index (χ4n) is 3.86. The Morgan fingerprint density at radius 2 is 1.93 bits per heavy atom. The number of carbonyl (C=O) groups is 1. The van der Waals surface area contributed by atoms with E-state index >= 15 is 0 Å². The van der Waals surface area contributed by atoms with Crippen LogP contribution in [-0.4, -0.2) is 68.3 Å². The summed E-state index contributed by atoms with van der Waals surface area (Å²) >= 11 is 0. The predicted octanol–water partition coefficient (Wildman–Crippen LogP) is 2.92. The highest BCUT2D eigenvalue weighted by Gasteiger charge is 2.21. The van der Waals surface area contributed by atoms with Crippen molar-refractivity contribution in [1.29, 1.82) is 0 Å². The Morgan fingerprint density at radius 3 is 2.64 bits per heavy atom. The van der Waals surface area contributed by atoms with Crippen molar-refractivity contribution in [3.8, 4) is 0 Å². The number of aromatic nitrogens is 1. The average Bonchev–Trinajstić information content (AvgIpc) is 2.65. The van der Waals surface area contributed by atoms with Crippen LogP contribution in [0.2, 0.25) is 0 Å². The number of carbonyl (C=O) groups excluding carboxylic acids is 1. The lowest BCUT2D eigenvalue weighted by Gasteiger charge is -2.35. The highest BCUT2D eigenvalue weighted by Crippen LogP contribution is 2.25. The molecule has 6 nitrogen and oxygen atoms in total. The van der Waals surface area contributed by atoms with Crippen LogP contribution in [0.4, 0.5) is 5.69 Å². The van der Waals surface area contributed by atoms with Crippen molar-refractivity contribution in [1.82, 2.24) is 15.2 Å². The second kappa shape index (κ2) is 9.34. The third-order valence-electron chi connectivity index (χ3n) is 5.09. The summed E-state index contributed by atoms with van der Waals surface area (Å²) in [7, 11) is 3.97. The predicted molar refractivity (Wildman–Crippen MR) is 114 cm³/mol. The van der Waals surface area contributed by atoms with E-state index in [1.807, 2.05) is 49.3 Å². The highest BCUT2D eigenvalue weighted by molar-refractivity contribution is 5.99. The van der Waals surface area contributed by atoms with Crippen LogP contribution in [0, 0.1) is 0 Å². The first-order chi connectivity index (χ1) is 13.4. The molecule has 0 unspecified atom stereocenters. The maximum Gasteiger partial charge on any atom is 0.269 e. The second-order valence-corrected chi connectivity index (χ2v) is 7.92. The van der Waals surface area contributed by atoms with E-state index < -0.39 is 0 Å². The summed E-state index contributed by atoms with van der Waals surface area (Å²) in [5.74, 6) is -0.109. The molecule has 3 rings (SSSR count). The number of fused-ring (bicyclic) bond motifs is 1. The third kappa shape index (κ3) is 5.20. The van der Waals surface area contributed by atoms with E-state index in [-0.39, 0.29) is 5.91 Å². The first-order valence-corrected chi connectivity index (χ1v) is 10.2. The lowest BCUT2D eigenvalue weighted by molar-refractivity contribution is -0.0681. The maximum absolute atomic E-state index is 12.6. The first kappa shape index (κ1) is 20.6. The Morgan fingerprint density at radius 1 is 1.21 bits per heavy atom. The fourth-order valence-corrected chi connectivity index (χ4v) is 3.86. The lowest BCUT2D eigenvalue weighted by Crippen LogP contribution is -2.45. The molecule has 2 heterocycles. The summed E-state index contributed by atoms with van der Waals surface area (Å²) in [4.78, 5) is 21.6. The van der Waals surface area contributed by atoms with Crippen LogP contribution in [0.25, 0.3) is 10.9 Å². The van der Waals surface area contributed by atoms with E-state index in [1.165, 1.54) is 0 Å². The number of benzene rings is 1. The molecule has 0 radical (unpaired) electrons. The van der Waals surface area contributed by atoms with Crippen molar-refractivity contribution in [2.45, 2.75) is 38.9 Å². The van der Waals surface area contributed by atoms with Crippen molar-refractivity contribution >= 4 is 22.5 Å². The van der Waals surface area contributed by atoms with E-state index in [9.17, 15) is 4.79 Å². The zero-order valence-electron chi connectivity index (χ0n) is 17.4. The molecule has 2 aromatic rings. The summed E-state index contributed by atoms with van der Waals surface area (Å²) in [6, 6.07) is 9.79. The number of pyridine rings is 1. The van der Waals surface area contributed by atoms with Crippen LogP contribution < -0.4 is 10.2 Å². The van der Waals surface area contributed by atoms with Crippen molar-refractivity contribution in [2.75, 3.05) is 45.2 Å². The molecule has 0 spiro atoms. The van der Waals surface area contributed by atoms with Gasteiger partial charge in [-0.3, -0.25) is 9.69 Å². The van der Waals surface area contributed by atoms with Crippen molar-refractivity contribution in [3.63, 3.8) is 0 Å². The number of hydrogen-bond acceptors (Lipinski definition) is 5. The number of rotatable bonds is 7. The van der Waals surface area contributed by atoms with Gasteiger partial charge in [0.05, 0.1) is 17.7 Å². The fraction of sp³-hybridized carbons (Fsp3) is 0.545. The van der Waals surface area contributed by atoms with Gasteiger partial charge in [0.25, 0.3) is 5.91 Å². The highest BCUT2D eigenvalue weighted by atomic mass is 16.5. The molecule has 1 aromatic heterocycles. The molecule has 0 saturated carbocycles. The Bertz CT molecular complexity index is 798. The van der Waals surface area contributed by atoms with Crippen LogP contribution in [0.5, 0.6) is 0 Å². The molecule has 1 saturated heterocycles. The quantitative estimate of drug-likeness (QED) is 0.744. The molecule has 2 atom stereocenters. The summed E-state index contributed by atoms with van der Waals surface area (Å²) in [5.41, 5.74) is 2.32. The second-order valence-electron chi connectivity index (χ2n) is 7.92. The molecule has 0 aliphatic carbocycles. The van der Waals surface area contributed by atoms with Crippen LogP contribution >= 0.6 is 0 Å². The topological polar surface area (TPSA) is 57.7 Å². The number of nitrogens with zero attached hydrogens (tertiary/aromatic N) is 3. The van der Waals surface area contributed by atoms with Crippen molar-refractivity contribution in [2.24, 2.45) is 0 Å². The largest absolute Gasteiger partial charge is 0.377 e. The average molecular weight is 385 g/mol. The van der Waals surface area contributed by atoms with Gasteiger partial charge in [0.1, 0.15) is 5.69 Å². The van der Waals surface area contributed by atoms with Gasteiger partial charge in [0.15, 0.2) is 0 Å². The number of anilines is 1. The number of para-hydroxylation sites is 1. The zero-order valence-corrected chi connectivity index (χ0v) is 17.4.